The molecule has 2 aromatic carbocycles. The summed E-state index contributed by atoms with van der Waals surface area (Å²) in [5.41, 5.74) is 2.16. The van der Waals surface area contributed by atoms with Crippen LogP contribution < -0.4 is 15.0 Å². The van der Waals surface area contributed by atoms with E-state index >= 15 is 0 Å². The molecule has 9 nitrogen and oxygen atoms in total. The van der Waals surface area contributed by atoms with E-state index in [9.17, 15) is 14.4 Å². The van der Waals surface area contributed by atoms with E-state index in [1.54, 1.807) is 48.4 Å². The minimum absolute atomic E-state index is 0.0529. The van der Waals surface area contributed by atoms with Gasteiger partial charge in [-0.05, 0) is 43.3 Å². The first kappa shape index (κ1) is 22.1. The second kappa shape index (κ2) is 9.99. The Labute approximate surface area is 190 Å². The summed E-state index contributed by atoms with van der Waals surface area (Å²) in [5.74, 6) is -0.219. The van der Waals surface area contributed by atoms with Crippen LogP contribution in [0.5, 0.6) is 5.75 Å². The second-order valence-corrected chi connectivity index (χ2v) is 7.33. The fourth-order valence-corrected chi connectivity index (χ4v) is 3.52. The summed E-state index contributed by atoms with van der Waals surface area (Å²) in [5, 5.41) is 7.03. The molecule has 0 bridgehead atoms. The summed E-state index contributed by atoms with van der Waals surface area (Å²) in [7, 11) is 0. The van der Waals surface area contributed by atoms with Crippen molar-refractivity contribution in [2.45, 2.75) is 19.8 Å². The Morgan fingerprint density at radius 1 is 1.09 bits per heavy atom. The van der Waals surface area contributed by atoms with Crippen molar-refractivity contribution in [2.75, 3.05) is 30.0 Å². The lowest BCUT2D eigenvalue weighted by Gasteiger charge is -2.29. The average Bonchev–Trinajstić information content (AvgIpc) is 3.33. The van der Waals surface area contributed by atoms with Gasteiger partial charge >= 0.3 is 5.97 Å². The van der Waals surface area contributed by atoms with Gasteiger partial charge in [-0.15, -0.1) is 0 Å². The number of esters is 1. The molecule has 33 heavy (non-hydrogen) atoms. The van der Waals surface area contributed by atoms with Crippen LogP contribution in [0.2, 0.25) is 0 Å². The van der Waals surface area contributed by atoms with Crippen molar-refractivity contribution in [2.24, 2.45) is 0 Å². The van der Waals surface area contributed by atoms with Gasteiger partial charge in [0.25, 0.3) is 0 Å². The lowest BCUT2D eigenvalue weighted by Crippen LogP contribution is -2.38. The highest BCUT2D eigenvalue weighted by Gasteiger charge is 2.23. The van der Waals surface area contributed by atoms with Crippen LogP contribution in [0.15, 0.2) is 60.8 Å². The third kappa shape index (κ3) is 5.20. The Morgan fingerprint density at radius 2 is 1.94 bits per heavy atom. The molecular weight excluding hydrogens is 424 g/mol. The van der Waals surface area contributed by atoms with Gasteiger partial charge in [-0.2, -0.15) is 5.10 Å². The van der Waals surface area contributed by atoms with Gasteiger partial charge < -0.3 is 19.7 Å². The average molecular weight is 448 g/mol. The largest absolute Gasteiger partial charge is 0.490 e. The van der Waals surface area contributed by atoms with Gasteiger partial charge in [0.1, 0.15) is 12.4 Å². The van der Waals surface area contributed by atoms with E-state index in [0.29, 0.717) is 30.3 Å². The van der Waals surface area contributed by atoms with E-state index in [0.717, 1.165) is 5.69 Å². The van der Waals surface area contributed by atoms with E-state index in [1.807, 2.05) is 24.3 Å². The van der Waals surface area contributed by atoms with Crippen molar-refractivity contribution in [3.63, 3.8) is 0 Å². The van der Waals surface area contributed by atoms with E-state index in [-0.39, 0.29) is 37.0 Å². The van der Waals surface area contributed by atoms with Crippen molar-refractivity contribution in [1.29, 1.82) is 0 Å². The number of benzene rings is 2. The molecule has 3 aromatic rings. The van der Waals surface area contributed by atoms with Crippen molar-refractivity contribution in [1.82, 2.24) is 9.78 Å². The number of aromatic nitrogens is 2. The Hall–Kier alpha value is -4.14. The number of anilines is 2. The van der Waals surface area contributed by atoms with E-state index < -0.39 is 5.97 Å². The first-order chi connectivity index (χ1) is 16.0. The third-order valence-electron chi connectivity index (χ3n) is 5.06. The topological polar surface area (TPSA) is 103 Å². The highest BCUT2D eigenvalue weighted by molar-refractivity contribution is 5.99. The van der Waals surface area contributed by atoms with Crippen LogP contribution in [0.3, 0.4) is 0 Å². The molecular formula is C24H24N4O5. The van der Waals surface area contributed by atoms with E-state index in [2.05, 4.69) is 10.4 Å². The van der Waals surface area contributed by atoms with Crippen molar-refractivity contribution in [3.05, 3.63) is 66.5 Å². The Bertz CT molecular complexity index is 1170. The molecule has 2 heterocycles. The minimum Gasteiger partial charge on any atom is -0.490 e. The number of amides is 2. The fraction of sp³-hybridized carbons (Fsp3) is 0.250. The number of nitrogens with zero attached hydrogens (tertiary/aromatic N) is 3. The Kier molecular flexibility index (Phi) is 6.68. The molecule has 0 atom stereocenters. The zero-order chi connectivity index (χ0) is 23.2. The number of carbonyl (C=O) groups is 3. The number of ether oxygens (including phenoxy) is 2. The van der Waals surface area contributed by atoms with E-state index in [1.165, 1.54) is 4.68 Å². The fourth-order valence-electron chi connectivity index (χ4n) is 3.52. The molecule has 1 aliphatic heterocycles. The monoisotopic (exact) mass is 448 g/mol. The van der Waals surface area contributed by atoms with Gasteiger partial charge in [0.2, 0.25) is 11.8 Å². The molecule has 9 heteroatoms. The lowest BCUT2D eigenvalue weighted by atomic mass is 10.2. The first-order valence-electron chi connectivity index (χ1n) is 10.7. The highest BCUT2D eigenvalue weighted by Crippen LogP contribution is 2.31. The van der Waals surface area contributed by atoms with Crippen LogP contribution in [-0.4, -0.2) is 47.3 Å². The summed E-state index contributed by atoms with van der Waals surface area (Å²) in [6.45, 7) is 2.88. The number of rotatable bonds is 7. The van der Waals surface area contributed by atoms with Gasteiger partial charge in [0, 0.05) is 24.7 Å². The number of para-hydroxylation sites is 2. The SMILES string of the molecule is CCOC(=O)c1ccn(-c2cccc(NC(=O)CCC(=O)N3CCOc4ccccc43)c2)n1. The van der Waals surface area contributed by atoms with Gasteiger partial charge in [0.05, 0.1) is 24.5 Å². The Morgan fingerprint density at radius 3 is 2.79 bits per heavy atom. The summed E-state index contributed by atoms with van der Waals surface area (Å²) < 4.78 is 12.1. The van der Waals surface area contributed by atoms with Crippen LogP contribution in [0, 0.1) is 0 Å². The van der Waals surface area contributed by atoms with Crippen LogP contribution in [0.25, 0.3) is 5.69 Å². The Balaban J connectivity index is 1.35. The molecule has 0 radical (unpaired) electrons. The first-order valence-corrected chi connectivity index (χ1v) is 10.7. The molecule has 1 N–H and O–H groups in total. The van der Waals surface area contributed by atoms with Gasteiger partial charge in [0.15, 0.2) is 5.69 Å². The predicted molar refractivity (Wildman–Crippen MR) is 122 cm³/mol. The van der Waals surface area contributed by atoms with Gasteiger partial charge in [-0.1, -0.05) is 18.2 Å². The van der Waals surface area contributed by atoms with Crippen LogP contribution in [0.1, 0.15) is 30.3 Å². The molecule has 0 saturated carbocycles. The predicted octanol–water partition coefficient (Wildman–Crippen LogP) is 3.19. The summed E-state index contributed by atoms with van der Waals surface area (Å²) in [6.07, 6.45) is 1.78. The van der Waals surface area contributed by atoms with Gasteiger partial charge in [-0.25, -0.2) is 9.48 Å². The van der Waals surface area contributed by atoms with Gasteiger partial charge in [-0.3, -0.25) is 9.59 Å². The summed E-state index contributed by atoms with van der Waals surface area (Å²) in [6, 6.07) is 16.0. The highest BCUT2D eigenvalue weighted by atomic mass is 16.5. The maximum atomic E-state index is 12.7. The molecule has 1 aliphatic rings. The number of hydrogen-bond acceptors (Lipinski definition) is 6. The van der Waals surface area contributed by atoms with Crippen molar-refractivity contribution >= 4 is 29.2 Å². The second-order valence-electron chi connectivity index (χ2n) is 7.33. The zero-order valence-corrected chi connectivity index (χ0v) is 18.2. The molecule has 4 rings (SSSR count). The van der Waals surface area contributed by atoms with Crippen molar-refractivity contribution in [3.8, 4) is 11.4 Å². The molecule has 0 unspecified atom stereocenters. The van der Waals surface area contributed by atoms with Crippen molar-refractivity contribution < 1.29 is 23.9 Å². The molecule has 170 valence electrons. The molecule has 1 aromatic heterocycles. The normalized spacial score (nSPS) is 12.5. The smallest absolute Gasteiger partial charge is 0.358 e. The molecule has 0 spiro atoms. The summed E-state index contributed by atoms with van der Waals surface area (Å²) in [4.78, 5) is 38.6. The molecule has 0 aliphatic carbocycles. The quantitative estimate of drug-likeness (QED) is 0.557. The summed E-state index contributed by atoms with van der Waals surface area (Å²) >= 11 is 0. The zero-order valence-electron chi connectivity index (χ0n) is 18.2. The third-order valence-corrected chi connectivity index (χ3v) is 5.06. The number of carbonyl (C=O) groups excluding carboxylic acids is 3. The number of hydrogen-bond donors (Lipinski definition) is 1. The molecule has 0 saturated heterocycles. The molecule has 0 fully saturated rings. The maximum absolute atomic E-state index is 12.7. The van der Waals surface area contributed by atoms with Crippen LogP contribution in [-0.2, 0) is 14.3 Å². The maximum Gasteiger partial charge on any atom is 0.358 e. The van der Waals surface area contributed by atoms with E-state index in [4.69, 9.17) is 9.47 Å². The lowest BCUT2D eigenvalue weighted by molar-refractivity contribution is -0.122. The molecule has 2 amide bonds. The standard InChI is InChI=1S/C24H24N4O5/c1-2-32-24(31)19-12-13-28(26-19)18-7-5-6-17(16-18)25-22(29)10-11-23(30)27-14-15-33-21-9-4-3-8-20(21)27/h3-9,12-13,16H,2,10-11,14-15H2,1H3,(H,25,29). The number of nitrogens with one attached hydrogen (secondary N) is 1. The van der Waals surface area contributed by atoms with Crippen LogP contribution >= 0.6 is 0 Å². The number of fused-ring (bicyclic) bond motifs is 1. The van der Waals surface area contributed by atoms with Crippen LogP contribution in [0.4, 0.5) is 11.4 Å². The minimum atomic E-state index is -0.492.